The Morgan fingerprint density at radius 3 is 1.20 bits per heavy atom. The van der Waals surface area contributed by atoms with Crippen LogP contribution < -0.4 is 0 Å². The number of esters is 1. The number of carbonyl (C=O) groups is 1. The number of methoxy groups -OCH3 is 1. The Kier molecular flexibility index (Phi) is 9.00. The van der Waals surface area contributed by atoms with Crippen LogP contribution in [0.25, 0.3) is 0 Å². The van der Waals surface area contributed by atoms with E-state index in [1.807, 2.05) is 0 Å². The fraction of sp³-hybridized carbons (Fsp3) is 0.240. The Labute approximate surface area is 219 Å². The molecular weight excluding hydrogens is 713 g/mol. The molecule has 3 aromatic carbocycles. The van der Waals surface area contributed by atoms with Gasteiger partial charge in [-0.25, -0.2) is 0 Å². The topological polar surface area (TPSA) is 26.3 Å². The first-order valence-electron chi connectivity index (χ1n) is 9.60. The van der Waals surface area contributed by atoms with Crippen molar-refractivity contribution in [3.8, 4) is 0 Å². The zero-order valence-electron chi connectivity index (χ0n) is 16.7. The van der Waals surface area contributed by atoms with E-state index in [9.17, 15) is 4.79 Å². The molecule has 156 valence electrons. The van der Waals surface area contributed by atoms with Crippen LogP contribution in [0.15, 0.2) is 72.8 Å². The fourth-order valence-corrected chi connectivity index (χ4v) is 5.26. The number of hydrogen-bond acceptors (Lipinski definition) is 2. The van der Waals surface area contributed by atoms with Gasteiger partial charge in [-0.1, -0.05) is 141 Å². The molecule has 0 amide bonds. The predicted octanol–water partition coefficient (Wildman–Crippen LogP) is 7.39. The molecule has 0 bridgehead atoms. The molecule has 5 heteroatoms. The van der Waals surface area contributed by atoms with Crippen LogP contribution in [0, 0.1) is 0 Å². The summed E-state index contributed by atoms with van der Waals surface area (Å²) in [6, 6.07) is 25.9. The molecule has 0 saturated carbocycles. The normalized spacial score (nSPS) is 11.3. The number of rotatable bonds is 8. The van der Waals surface area contributed by atoms with Crippen LogP contribution in [0.3, 0.4) is 0 Å². The van der Waals surface area contributed by atoms with E-state index in [2.05, 4.69) is 141 Å². The molecule has 0 radical (unpaired) electrons. The summed E-state index contributed by atoms with van der Waals surface area (Å²) in [7, 11) is 1.46. The van der Waals surface area contributed by atoms with Crippen LogP contribution in [-0.2, 0) is 28.2 Å². The van der Waals surface area contributed by atoms with Crippen LogP contribution in [0.5, 0.6) is 0 Å². The molecule has 2 nitrogen and oxygen atoms in total. The minimum atomic E-state index is -0.607. The summed E-state index contributed by atoms with van der Waals surface area (Å²) >= 11 is 7.12. The van der Waals surface area contributed by atoms with Crippen molar-refractivity contribution in [2.75, 3.05) is 7.11 Å². The standard InChI is InChI=1S/C25H23I3O2/c1-30-24(29)14-25(21-8-2-18(15-26)3-9-21,22-10-4-19(16-27)5-11-22)23-12-6-20(17-28)7-13-23/h2-13H,14-17H2,1H3. The number of halogens is 3. The lowest BCUT2D eigenvalue weighted by atomic mass is 9.67. The first kappa shape index (κ1) is 24.0. The molecule has 0 fully saturated rings. The Morgan fingerprint density at radius 2 is 0.967 bits per heavy atom. The maximum Gasteiger partial charge on any atom is 0.307 e. The summed E-state index contributed by atoms with van der Waals surface area (Å²) in [5.41, 5.74) is 6.51. The molecule has 0 saturated heterocycles. The quantitative estimate of drug-likeness (QED) is 0.105. The van der Waals surface area contributed by atoms with Gasteiger partial charge in [0, 0.05) is 13.3 Å². The molecule has 0 spiro atoms. The third kappa shape index (κ3) is 5.20. The molecular formula is C25H23I3O2. The molecule has 0 aromatic heterocycles. The molecule has 0 aliphatic carbocycles. The minimum absolute atomic E-state index is 0.219. The fourth-order valence-electron chi connectivity index (χ4n) is 3.73. The maximum atomic E-state index is 12.7. The third-order valence-electron chi connectivity index (χ3n) is 5.44. The second-order valence-electron chi connectivity index (χ2n) is 7.15. The second kappa shape index (κ2) is 11.3. The van der Waals surface area contributed by atoms with Crippen LogP contribution in [0.2, 0.25) is 0 Å². The lowest BCUT2D eigenvalue weighted by molar-refractivity contribution is -0.141. The number of hydrogen-bond donors (Lipinski definition) is 0. The van der Waals surface area contributed by atoms with Gasteiger partial charge in [0.15, 0.2) is 0 Å². The highest BCUT2D eigenvalue weighted by molar-refractivity contribution is 14.1. The van der Waals surface area contributed by atoms with E-state index in [1.54, 1.807) is 0 Å². The zero-order chi connectivity index (χ0) is 21.6. The van der Waals surface area contributed by atoms with E-state index in [-0.39, 0.29) is 12.4 Å². The van der Waals surface area contributed by atoms with Crippen molar-refractivity contribution in [1.82, 2.24) is 0 Å². The molecule has 3 aromatic rings. The summed E-state index contributed by atoms with van der Waals surface area (Å²) in [6.45, 7) is 0. The zero-order valence-corrected chi connectivity index (χ0v) is 23.2. The van der Waals surface area contributed by atoms with Crippen molar-refractivity contribution in [1.29, 1.82) is 0 Å². The van der Waals surface area contributed by atoms with E-state index in [1.165, 1.54) is 23.8 Å². The van der Waals surface area contributed by atoms with Gasteiger partial charge in [0.25, 0.3) is 0 Å². The average molecular weight is 736 g/mol. The average Bonchev–Trinajstić information content (AvgIpc) is 2.82. The van der Waals surface area contributed by atoms with Crippen molar-refractivity contribution in [3.63, 3.8) is 0 Å². The van der Waals surface area contributed by atoms with Crippen molar-refractivity contribution in [3.05, 3.63) is 106 Å². The highest BCUT2D eigenvalue weighted by atomic mass is 127. The third-order valence-corrected chi connectivity index (χ3v) is 8.08. The SMILES string of the molecule is COC(=O)CC(c1ccc(CI)cc1)(c1ccc(CI)cc1)c1ccc(CI)cc1. The Bertz CT molecular complexity index is 849. The van der Waals surface area contributed by atoms with E-state index in [4.69, 9.17) is 4.74 Å². The van der Waals surface area contributed by atoms with Gasteiger partial charge in [-0.2, -0.15) is 0 Å². The van der Waals surface area contributed by atoms with Gasteiger partial charge in [-0.15, -0.1) is 0 Å². The van der Waals surface area contributed by atoms with E-state index < -0.39 is 5.41 Å². The summed E-state index contributed by atoms with van der Waals surface area (Å²) < 4.78 is 8.03. The van der Waals surface area contributed by atoms with Crippen LogP contribution >= 0.6 is 67.8 Å². The van der Waals surface area contributed by atoms with Crippen molar-refractivity contribution >= 4 is 73.7 Å². The Balaban J connectivity index is 2.28. The van der Waals surface area contributed by atoms with Gasteiger partial charge in [0.05, 0.1) is 18.9 Å². The second-order valence-corrected chi connectivity index (χ2v) is 9.44. The molecule has 0 unspecified atom stereocenters. The van der Waals surface area contributed by atoms with Crippen LogP contribution in [-0.4, -0.2) is 13.1 Å². The molecule has 0 heterocycles. The smallest absolute Gasteiger partial charge is 0.307 e. The van der Waals surface area contributed by atoms with Crippen LogP contribution in [0.4, 0.5) is 0 Å². The van der Waals surface area contributed by atoms with E-state index in [0.717, 1.165) is 30.0 Å². The van der Waals surface area contributed by atoms with Gasteiger partial charge in [-0.05, 0) is 33.4 Å². The first-order valence-corrected chi connectivity index (χ1v) is 14.2. The minimum Gasteiger partial charge on any atom is -0.469 e. The Morgan fingerprint density at radius 1 is 0.667 bits per heavy atom. The van der Waals surface area contributed by atoms with Gasteiger partial charge in [0.1, 0.15) is 0 Å². The van der Waals surface area contributed by atoms with E-state index in [0.29, 0.717) is 0 Å². The highest BCUT2D eigenvalue weighted by Gasteiger charge is 2.39. The molecule has 0 atom stereocenters. The van der Waals surface area contributed by atoms with Crippen LogP contribution in [0.1, 0.15) is 39.8 Å². The van der Waals surface area contributed by atoms with Crippen molar-refractivity contribution in [2.45, 2.75) is 25.1 Å². The summed E-state index contributed by atoms with van der Waals surface area (Å²) in [5.74, 6) is -0.219. The monoisotopic (exact) mass is 736 g/mol. The summed E-state index contributed by atoms with van der Waals surface area (Å²) in [4.78, 5) is 12.7. The molecule has 0 aliphatic rings. The van der Waals surface area contributed by atoms with Crippen molar-refractivity contribution in [2.24, 2.45) is 0 Å². The Hall–Kier alpha value is -0.680. The van der Waals surface area contributed by atoms with Gasteiger partial charge < -0.3 is 4.74 Å². The number of carbonyl (C=O) groups excluding carboxylic acids is 1. The molecule has 30 heavy (non-hydrogen) atoms. The lowest BCUT2D eigenvalue weighted by Gasteiger charge is -2.35. The number of benzene rings is 3. The van der Waals surface area contributed by atoms with Gasteiger partial charge >= 0.3 is 5.97 Å². The summed E-state index contributed by atoms with van der Waals surface area (Å²) in [5, 5.41) is 0. The molecule has 3 rings (SSSR count). The van der Waals surface area contributed by atoms with Gasteiger partial charge in [0.2, 0.25) is 0 Å². The van der Waals surface area contributed by atoms with Crippen molar-refractivity contribution < 1.29 is 9.53 Å². The number of ether oxygens (including phenoxy) is 1. The largest absolute Gasteiger partial charge is 0.469 e. The molecule has 0 N–H and O–H groups in total. The van der Waals surface area contributed by atoms with E-state index >= 15 is 0 Å². The lowest BCUT2D eigenvalue weighted by Crippen LogP contribution is -2.33. The molecule has 0 aliphatic heterocycles. The predicted molar refractivity (Wildman–Crippen MR) is 149 cm³/mol. The maximum absolute atomic E-state index is 12.7. The first-order chi connectivity index (χ1) is 14.6. The highest BCUT2D eigenvalue weighted by Crippen LogP contribution is 2.43. The summed E-state index contributed by atoms with van der Waals surface area (Å²) in [6.07, 6.45) is 0.250. The number of alkyl halides is 3. The van der Waals surface area contributed by atoms with Gasteiger partial charge in [-0.3, -0.25) is 4.79 Å².